The van der Waals surface area contributed by atoms with Crippen molar-refractivity contribution in [1.82, 2.24) is 20.2 Å². The summed E-state index contributed by atoms with van der Waals surface area (Å²) in [5, 5.41) is 28.6. The number of carbonyl (C=O) groups is 1. The maximum atomic E-state index is 10.6. The number of aromatic hydroxyl groups is 1. The van der Waals surface area contributed by atoms with Gasteiger partial charge in [-0.05, 0) is 22.6 Å². The molecule has 0 amide bonds. The SMILES string of the molecule is O=C(O)Cc1nnnn1-c1cccc(O)c1. The fourth-order valence-electron chi connectivity index (χ4n) is 1.28. The molecule has 2 aromatic rings. The van der Waals surface area contributed by atoms with Crippen molar-refractivity contribution in [3.63, 3.8) is 0 Å². The Morgan fingerprint density at radius 2 is 2.25 bits per heavy atom. The van der Waals surface area contributed by atoms with E-state index >= 15 is 0 Å². The van der Waals surface area contributed by atoms with Gasteiger partial charge >= 0.3 is 5.97 Å². The quantitative estimate of drug-likeness (QED) is 0.754. The van der Waals surface area contributed by atoms with E-state index in [1.165, 1.54) is 16.8 Å². The highest BCUT2D eigenvalue weighted by atomic mass is 16.4. The summed E-state index contributed by atoms with van der Waals surface area (Å²) in [4.78, 5) is 10.6. The number of phenolic OH excluding ortho intramolecular Hbond substituents is 1. The van der Waals surface area contributed by atoms with Gasteiger partial charge in [-0.3, -0.25) is 4.79 Å². The molecule has 0 spiro atoms. The maximum absolute atomic E-state index is 10.6. The Bertz CT molecular complexity index is 523. The monoisotopic (exact) mass is 220 g/mol. The molecule has 82 valence electrons. The van der Waals surface area contributed by atoms with Crippen LogP contribution in [0.2, 0.25) is 0 Å². The fraction of sp³-hybridized carbons (Fsp3) is 0.111. The highest BCUT2D eigenvalue weighted by Gasteiger charge is 2.11. The number of benzene rings is 1. The molecule has 1 aromatic heterocycles. The van der Waals surface area contributed by atoms with Gasteiger partial charge in [0.2, 0.25) is 0 Å². The summed E-state index contributed by atoms with van der Waals surface area (Å²) in [5.41, 5.74) is 0.515. The van der Waals surface area contributed by atoms with Crippen LogP contribution in [0.1, 0.15) is 5.82 Å². The zero-order valence-electron chi connectivity index (χ0n) is 8.11. The van der Waals surface area contributed by atoms with Gasteiger partial charge in [-0.2, -0.15) is 4.68 Å². The molecule has 0 unspecified atom stereocenters. The van der Waals surface area contributed by atoms with Gasteiger partial charge in [-0.25, -0.2) is 0 Å². The first-order valence-corrected chi connectivity index (χ1v) is 4.45. The topological polar surface area (TPSA) is 101 Å². The van der Waals surface area contributed by atoms with E-state index in [0.717, 1.165) is 0 Å². The molecule has 7 nitrogen and oxygen atoms in total. The Morgan fingerprint density at radius 1 is 1.44 bits per heavy atom. The van der Waals surface area contributed by atoms with Crippen molar-refractivity contribution in [3.05, 3.63) is 30.1 Å². The summed E-state index contributed by atoms with van der Waals surface area (Å²) in [6, 6.07) is 6.24. The largest absolute Gasteiger partial charge is 0.508 e. The van der Waals surface area contributed by atoms with Crippen molar-refractivity contribution >= 4 is 5.97 Å². The van der Waals surface area contributed by atoms with Gasteiger partial charge in [-0.15, -0.1) is 5.10 Å². The highest BCUT2D eigenvalue weighted by molar-refractivity contribution is 5.69. The molecule has 2 N–H and O–H groups in total. The Balaban J connectivity index is 2.40. The lowest BCUT2D eigenvalue weighted by molar-refractivity contribution is -0.136. The van der Waals surface area contributed by atoms with Crippen molar-refractivity contribution < 1.29 is 15.0 Å². The number of hydrogen-bond acceptors (Lipinski definition) is 5. The third kappa shape index (κ3) is 1.97. The second kappa shape index (κ2) is 3.97. The first kappa shape index (κ1) is 10.1. The summed E-state index contributed by atoms with van der Waals surface area (Å²) in [7, 11) is 0. The van der Waals surface area contributed by atoms with E-state index in [1.807, 2.05) is 0 Å². The molecule has 7 heteroatoms. The van der Waals surface area contributed by atoms with Crippen LogP contribution in [0.25, 0.3) is 5.69 Å². The molecular formula is C9H8N4O3. The van der Waals surface area contributed by atoms with Gasteiger partial charge in [0.25, 0.3) is 0 Å². The van der Waals surface area contributed by atoms with Crippen LogP contribution in [-0.2, 0) is 11.2 Å². The summed E-state index contributed by atoms with van der Waals surface area (Å²) < 4.78 is 1.27. The number of carboxylic acids is 1. The smallest absolute Gasteiger partial charge is 0.311 e. The van der Waals surface area contributed by atoms with Gasteiger partial charge < -0.3 is 10.2 Å². The number of carboxylic acid groups (broad SMARTS) is 1. The molecule has 1 heterocycles. The first-order chi connectivity index (χ1) is 7.66. The van der Waals surface area contributed by atoms with Crippen molar-refractivity contribution in [2.75, 3.05) is 0 Å². The molecule has 0 fully saturated rings. The Morgan fingerprint density at radius 3 is 2.94 bits per heavy atom. The lowest BCUT2D eigenvalue weighted by Gasteiger charge is -2.02. The minimum atomic E-state index is -1.02. The number of tetrazole rings is 1. The summed E-state index contributed by atoms with van der Waals surface area (Å²) in [5.74, 6) is -0.747. The molecule has 0 saturated carbocycles. The fourth-order valence-corrected chi connectivity index (χ4v) is 1.28. The van der Waals surface area contributed by atoms with Crippen LogP contribution < -0.4 is 0 Å². The van der Waals surface area contributed by atoms with E-state index < -0.39 is 5.97 Å². The van der Waals surface area contributed by atoms with E-state index in [2.05, 4.69) is 15.5 Å². The van der Waals surface area contributed by atoms with Gasteiger partial charge in [-0.1, -0.05) is 6.07 Å². The maximum Gasteiger partial charge on any atom is 0.311 e. The van der Waals surface area contributed by atoms with Gasteiger partial charge in [0, 0.05) is 6.07 Å². The Labute approximate surface area is 90.0 Å². The van der Waals surface area contributed by atoms with Crippen molar-refractivity contribution in [2.45, 2.75) is 6.42 Å². The summed E-state index contributed by atoms with van der Waals surface area (Å²) in [6.45, 7) is 0. The number of rotatable bonds is 3. The predicted octanol–water partition coefficient (Wildman–Crippen LogP) is -0.00500. The van der Waals surface area contributed by atoms with Crippen LogP contribution in [0, 0.1) is 0 Å². The third-order valence-corrected chi connectivity index (χ3v) is 1.92. The van der Waals surface area contributed by atoms with Crippen molar-refractivity contribution in [3.8, 4) is 11.4 Å². The van der Waals surface area contributed by atoms with Crippen molar-refractivity contribution in [1.29, 1.82) is 0 Å². The van der Waals surface area contributed by atoms with Crippen molar-refractivity contribution in [2.24, 2.45) is 0 Å². The molecule has 0 atom stereocenters. The second-order valence-corrected chi connectivity index (χ2v) is 3.10. The number of aliphatic carboxylic acids is 1. The van der Waals surface area contributed by atoms with E-state index in [4.69, 9.17) is 5.11 Å². The van der Waals surface area contributed by atoms with Crippen LogP contribution in [0.5, 0.6) is 5.75 Å². The Hall–Kier alpha value is -2.44. The molecule has 0 aliphatic heterocycles. The molecular weight excluding hydrogens is 212 g/mol. The normalized spacial score (nSPS) is 10.2. The molecule has 0 aliphatic rings. The van der Waals surface area contributed by atoms with Gasteiger partial charge in [0.15, 0.2) is 5.82 Å². The summed E-state index contributed by atoms with van der Waals surface area (Å²) >= 11 is 0. The number of aromatic nitrogens is 4. The van der Waals surface area contributed by atoms with Crippen LogP contribution in [0.3, 0.4) is 0 Å². The van der Waals surface area contributed by atoms with Crippen LogP contribution >= 0.6 is 0 Å². The lowest BCUT2D eigenvalue weighted by atomic mass is 10.3. The minimum Gasteiger partial charge on any atom is -0.508 e. The number of nitrogens with zero attached hydrogens (tertiary/aromatic N) is 4. The zero-order valence-corrected chi connectivity index (χ0v) is 8.11. The molecule has 2 rings (SSSR count). The average molecular weight is 220 g/mol. The molecule has 0 radical (unpaired) electrons. The van der Waals surface area contributed by atoms with Crippen LogP contribution in [-0.4, -0.2) is 36.4 Å². The second-order valence-electron chi connectivity index (χ2n) is 3.10. The number of hydrogen-bond donors (Lipinski definition) is 2. The highest BCUT2D eigenvalue weighted by Crippen LogP contribution is 2.15. The molecule has 16 heavy (non-hydrogen) atoms. The van der Waals surface area contributed by atoms with Gasteiger partial charge in [0.05, 0.1) is 5.69 Å². The van der Waals surface area contributed by atoms with E-state index in [0.29, 0.717) is 5.69 Å². The standard InChI is InChI=1S/C9H8N4O3/c14-7-3-1-2-6(4-7)13-8(5-9(15)16)10-11-12-13/h1-4,14H,5H2,(H,15,16). The van der Waals surface area contributed by atoms with E-state index in [-0.39, 0.29) is 18.0 Å². The molecule has 0 bridgehead atoms. The summed E-state index contributed by atoms with van der Waals surface area (Å²) in [6.07, 6.45) is -0.275. The van der Waals surface area contributed by atoms with Gasteiger partial charge in [0.1, 0.15) is 12.2 Å². The first-order valence-electron chi connectivity index (χ1n) is 4.45. The number of phenols is 1. The lowest BCUT2D eigenvalue weighted by Crippen LogP contribution is -2.08. The predicted molar refractivity (Wildman–Crippen MR) is 52.2 cm³/mol. The minimum absolute atomic E-state index is 0.0641. The van der Waals surface area contributed by atoms with E-state index in [1.54, 1.807) is 12.1 Å². The van der Waals surface area contributed by atoms with Crippen LogP contribution in [0.15, 0.2) is 24.3 Å². The van der Waals surface area contributed by atoms with Crippen LogP contribution in [0.4, 0.5) is 0 Å². The zero-order chi connectivity index (χ0) is 11.5. The average Bonchev–Trinajstić information content (AvgIpc) is 2.65. The third-order valence-electron chi connectivity index (χ3n) is 1.92. The molecule has 1 aromatic carbocycles. The molecule has 0 saturated heterocycles. The van der Waals surface area contributed by atoms with E-state index in [9.17, 15) is 9.90 Å². The molecule has 0 aliphatic carbocycles. The Kier molecular flexibility index (Phi) is 2.50.